The average Bonchev–Trinajstić information content (AvgIpc) is 2.80. The molecular formula is C16H24N2O3. The van der Waals surface area contributed by atoms with Crippen molar-refractivity contribution in [3.05, 3.63) is 33.9 Å². The highest BCUT2D eigenvalue weighted by Crippen LogP contribution is 2.67. The molecule has 116 valence electrons. The maximum absolute atomic E-state index is 11.0. The number of nitrogens with one attached hydrogen (secondary N) is 1. The summed E-state index contributed by atoms with van der Waals surface area (Å²) in [4.78, 5) is 10.6. The van der Waals surface area contributed by atoms with Crippen LogP contribution in [-0.4, -0.2) is 18.6 Å². The lowest BCUT2D eigenvalue weighted by Crippen LogP contribution is -2.19. The Hall–Kier alpha value is -1.62. The van der Waals surface area contributed by atoms with Gasteiger partial charge in [-0.3, -0.25) is 10.1 Å². The fourth-order valence-electron chi connectivity index (χ4n) is 3.19. The zero-order valence-electron chi connectivity index (χ0n) is 13.4. The molecule has 0 bridgehead atoms. The number of benzene rings is 1. The van der Waals surface area contributed by atoms with E-state index in [1.807, 2.05) is 6.07 Å². The van der Waals surface area contributed by atoms with Crippen LogP contribution in [0.3, 0.4) is 0 Å². The van der Waals surface area contributed by atoms with Gasteiger partial charge in [-0.1, -0.05) is 33.8 Å². The summed E-state index contributed by atoms with van der Waals surface area (Å²) in [5.41, 5.74) is 1.63. The van der Waals surface area contributed by atoms with E-state index in [1.54, 1.807) is 12.1 Å². The van der Waals surface area contributed by atoms with Crippen LogP contribution in [0.2, 0.25) is 0 Å². The molecule has 1 aliphatic rings. The molecule has 1 aliphatic carbocycles. The summed E-state index contributed by atoms with van der Waals surface area (Å²) in [6.45, 7) is 10.7. The number of rotatable bonds is 6. The van der Waals surface area contributed by atoms with Gasteiger partial charge in [0.2, 0.25) is 0 Å². The van der Waals surface area contributed by atoms with Crippen LogP contribution in [0.25, 0.3) is 0 Å². The molecule has 0 radical (unpaired) electrons. The van der Waals surface area contributed by atoms with Gasteiger partial charge in [0.05, 0.1) is 12.0 Å². The van der Waals surface area contributed by atoms with E-state index >= 15 is 0 Å². The van der Waals surface area contributed by atoms with Gasteiger partial charge in [0.25, 0.3) is 0 Å². The standard InChI is InChI=1S/C16H24N2O3/c1-15(2)14(16(15,3)4)10-17-9-11-6-7-13(21-5)12(8-11)18(19)20/h6-8,14,17H,9-10H2,1-5H3. The van der Waals surface area contributed by atoms with Gasteiger partial charge in [-0.25, -0.2) is 0 Å². The summed E-state index contributed by atoms with van der Waals surface area (Å²) in [7, 11) is 1.44. The normalized spacial score (nSPS) is 19.3. The van der Waals surface area contributed by atoms with Crippen molar-refractivity contribution in [3.8, 4) is 5.75 Å². The van der Waals surface area contributed by atoms with Gasteiger partial charge >= 0.3 is 5.69 Å². The largest absolute Gasteiger partial charge is 0.490 e. The van der Waals surface area contributed by atoms with Crippen LogP contribution >= 0.6 is 0 Å². The second-order valence-corrected chi connectivity index (χ2v) is 6.89. The van der Waals surface area contributed by atoms with Gasteiger partial charge in [-0.15, -0.1) is 0 Å². The Balaban J connectivity index is 1.96. The first-order valence-electron chi connectivity index (χ1n) is 7.24. The number of hydrogen-bond acceptors (Lipinski definition) is 4. The molecule has 0 aliphatic heterocycles. The summed E-state index contributed by atoms with van der Waals surface area (Å²) >= 11 is 0. The van der Waals surface area contributed by atoms with Gasteiger partial charge in [-0.2, -0.15) is 0 Å². The first-order chi connectivity index (χ1) is 9.71. The third-order valence-corrected chi connectivity index (χ3v) is 5.44. The fraction of sp³-hybridized carbons (Fsp3) is 0.625. The minimum atomic E-state index is -0.407. The highest BCUT2D eigenvalue weighted by molar-refractivity contribution is 5.48. The Labute approximate surface area is 125 Å². The van der Waals surface area contributed by atoms with Crippen molar-refractivity contribution < 1.29 is 9.66 Å². The molecule has 1 fully saturated rings. The van der Waals surface area contributed by atoms with Crippen LogP contribution in [0.5, 0.6) is 5.75 Å². The van der Waals surface area contributed by atoms with E-state index in [-0.39, 0.29) is 5.69 Å². The number of methoxy groups -OCH3 is 1. The molecular weight excluding hydrogens is 268 g/mol. The van der Waals surface area contributed by atoms with E-state index in [9.17, 15) is 10.1 Å². The van der Waals surface area contributed by atoms with Crippen LogP contribution in [-0.2, 0) is 6.54 Å². The second-order valence-electron chi connectivity index (χ2n) is 6.89. The summed E-state index contributed by atoms with van der Waals surface area (Å²) in [5.74, 6) is 0.937. The van der Waals surface area contributed by atoms with Crippen LogP contribution < -0.4 is 10.1 Å². The smallest absolute Gasteiger partial charge is 0.311 e. The third kappa shape index (κ3) is 2.75. The van der Waals surface area contributed by atoms with Gasteiger partial charge in [0.15, 0.2) is 5.75 Å². The van der Waals surface area contributed by atoms with Crippen molar-refractivity contribution in [2.45, 2.75) is 34.2 Å². The van der Waals surface area contributed by atoms with E-state index in [1.165, 1.54) is 7.11 Å². The number of nitrogens with zero attached hydrogens (tertiary/aromatic N) is 1. The molecule has 21 heavy (non-hydrogen) atoms. The van der Waals surface area contributed by atoms with E-state index in [0.29, 0.717) is 29.0 Å². The molecule has 2 rings (SSSR count). The summed E-state index contributed by atoms with van der Waals surface area (Å²) < 4.78 is 5.01. The van der Waals surface area contributed by atoms with Crippen molar-refractivity contribution >= 4 is 5.69 Å². The third-order valence-electron chi connectivity index (χ3n) is 5.44. The molecule has 5 nitrogen and oxygen atoms in total. The fourth-order valence-corrected chi connectivity index (χ4v) is 3.19. The van der Waals surface area contributed by atoms with Crippen molar-refractivity contribution in [1.82, 2.24) is 5.32 Å². The van der Waals surface area contributed by atoms with Gasteiger partial charge < -0.3 is 10.1 Å². The Bertz CT molecular complexity index is 538. The summed E-state index contributed by atoms with van der Waals surface area (Å²) in [6, 6.07) is 5.09. The van der Waals surface area contributed by atoms with Crippen molar-refractivity contribution in [2.75, 3.05) is 13.7 Å². The molecule has 0 atom stereocenters. The lowest BCUT2D eigenvalue weighted by atomic mass is 10.0. The Morgan fingerprint density at radius 2 is 1.90 bits per heavy atom. The molecule has 1 aromatic carbocycles. The molecule has 5 heteroatoms. The zero-order chi connectivity index (χ0) is 15.8. The van der Waals surface area contributed by atoms with E-state index in [0.717, 1.165) is 12.1 Å². The second kappa shape index (κ2) is 5.30. The van der Waals surface area contributed by atoms with Crippen molar-refractivity contribution in [2.24, 2.45) is 16.7 Å². The maximum Gasteiger partial charge on any atom is 0.311 e. The van der Waals surface area contributed by atoms with Gasteiger partial charge in [0, 0.05) is 12.6 Å². The first kappa shape index (κ1) is 15.8. The lowest BCUT2D eigenvalue weighted by molar-refractivity contribution is -0.385. The van der Waals surface area contributed by atoms with Crippen LogP contribution in [0, 0.1) is 26.9 Å². The average molecular weight is 292 g/mol. The molecule has 1 N–H and O–H groups in total. The van der Waals surface area contributed by atoms with Gasteiger partial charge in [0.1, 0.15) is 0 Å². The van der Waals surface area contributed by atoms with Crippen LogP contribution in [0.4, 0.5) is 5.69 Å². The molecule has 0 amide bonds. The minimum Gasteiger partial charge on any atom is -0.490 e. The van der Waals surface area contributed by atoms with E-state index in [2.05, 4.69) is 33.0 Å². The number of nitro groups is 1. The van der Waals surface area contributed by atoms with Crippen molar-refractivity contribution in [1.29, 1.82) is 0 Å². The molecule has 0 saturated heterocycles. The number of hydrogen-bond donors (Lipinski definition) is 1. The molecule has 0 heterocycles. The Morgan fingerprint density at radius 3 is 2.38 bits per heavy atom. The summed E-state index contributed by atoms with van der Waals surface area (Å²) in [5, 5.41) is 14.4. The Kier molecular flexibility index (Phi) is 3.97. The van der Waals surface area contributed by atoms with E-state index < -0.39 is 4.92 Å². The minimum absolute atomic E-state index is 0.0175. The lowest BCUT2D eigenvalue weighted by Gasteiger charge is -2.08. The predicted molar refractivity (Wildman–Crippen MR) is 82.4 cm³/mol. The number of ether oxygens (including phenoxy) is 1. The van der Waals surface area contributed by atoms with Crippen LogP contribution in [0.15, 0.2) is 18.2 Å². The molecule has 0 spiro atoms. The van der Waals surface area contributed by atoms with Crippen molar-refractivity contribution in [3.63, 3.8) is 0 Å². The molecule has 1 saturated carbocycles. The highest BCUT2D eigenvalue weighted by Gasteiger charge is 2.63. The first-order valence-corrected chi connectivity index (χ1v) is 7.24. The Morgan fingerprint density at radius 1 is 1.29 bits per heavy atom. The molecule has 0 unspecified atom stereocenters. The molecule has 1 aromatic rings. The zero-order valence-corrected chi connectivity index (χ0v) is 13.4. The molecule has 0 aromatic heterocycles. The van der Waals surface area contributed by atoms with Crippen LogP contribution in [0.1, 0.15) is 33.3 Å². The summed E-state index contributed by atoms with van der Waals surface area (Å²) in [6.07, 6.45) is 0. The topological polar surface area (TPSA) is 64.4 Å². The van der Waals surface area contributed by atoms with Gasteiger partial charge in [-0.05, 0) is 34.9 Å². The quantitative estimate of drug-likeness (QED) is 0.645. The van der Waals surface area contributed by atoms with E-state index in [4.69, 9.17) is 4.74 Å². The monoisotopic (exact) mass is 292 g/mol. The number of nitro benzene ring substituents is 1. The highest BCUT2D eigenvalue weighted by atomic mass is 16.6. The maximum atomic E-state index is 11.0. The predicted octanol–water partition coefficient (Wildman–Crippen LogP) is 3.38. The SMILES string of the molecule is COc1ccc(CNCC2C(C)(C)C2(C)C)cc1[N+](=O)[O-].